The summed E-state index contributed by atoms with van der Waals surface area (Å²) in [5, 5.41) is 3.03. The maximum Gasteiger partial charge on any atom is 0.289 e. The van der Waals surface area contributed by atoms with E-state index in [-0.39, 0.29) is 17.7 Å². The molecule has 0 unspecified atom stereocenters. The van der Waals surface area contributed by atoms with Crippen molar-refractivity contribution in [3.05, 3.63) is 54.0 Å². The summed E-state index contributed by atoms with van der Waals surface area (Å²) >= 11 is 0. The molecule has 1 N–H and O–H groups in total. The first kappa shape index (κ1) is 16.3. The normalized spacial score (nSPS) is 17.5. The van der Waals surface area contributed by atoms with Crippen LogP contribution in [-0.4, -0.2) is 29.8 Å². The minimum Gasteiger partial charge on any atom is -0.459 e. The Balaban J connectivity index is 1.66. The number of carbonyl (C=O) groups excluding carboxylic acids is 2. The van der Waals surface area contributed by atoms with Gasteiger partial charge in [0, 0.05) is 18.8 Å². The number of benzene rings is 1. The first-order valence-electron chi connectivity index (χ1n) is 8.40. The van der Waals surface area contributed by atoms with Gasteiger partial charge in [0.25, 0.3) is 5.91 Å². The summed E-state index contributed by atoms with van der Waals surface area (Å²) in [6, 6.07) is 11.2. The number of nitrogens with one attached hydrogen (secondary N) is 1. The third-order valence-corrected chi connectivity index (χ3v) is 4.47. The third kappa shape index (κ3) is 3.50. The Labute approximate surface area is 141 Å². The van der Waals surface area contributed by atoms with Gasteiger partial charge in [0.05, 0.1) is 12.2 Å². The van der Waals surface area contributed by atoms with E-state index in [4.69, 9.17) is 4.42 Å². The number of aryl methyl sites for hydroxylation is 1. The van der Waals surface area contributed by atoms with E-state index in [0.29, 0.717) is 18.8 Å². The average molecular weight is 326 g/mol. The predicted molar refractivity (Wildman–Crippen MR) is 91.8 cm³/mol. The summed E-state index contributed by atoms with van der Waals surface area (Å²) in [6.45, 7) is 3.16. The fourth-order valence-electron chi connectivity index (χ4n) is 3.12. The zero-order chi connectivity index (χ0) is 16.9. The van der Waals surface area contributed by atoms with Crippen LogP contribution in [0.2, 0.25) is 0 Å². The van der Waals surface area contributed by atoms with Crippen LogP contribution < -0.4 is 5.32 Å². The van der Waals surface area contributed by atoms with E-state index in [1.54, 1.807) is 17.0 Å². The Bertz CT molecular complexity index is 709. The van der Waals surface area contributed by atoms with Crippen LogP contribution in [0.3, 0.4) is 0 Å². The molecule has 0 spiro atoms. The lowest BCUT2D eigenvalue weighted by Crippen LogP contribution is -2.43. The van der Waals surface area contributed by atoms with E-state index in [1.807, 2.05) is 24.3 Å². The monoisotopic (exact) mass is 326 g/mol. The fraction of sp³-hybridized carbons (Fsp3) is 0.368. The number of hydrogen-bond acceptors (Lipinski definition) is 3. The molecule has 1 aromatic heterocycles. The van der Waals surface area contributed by atoms with Crippen LogP contribution in [-0.2, 0) is 11.2 Å². The van der Waals surface area contributed by atoms with Crippen LogP contribution in [0, 0.1) is 5.92 Å². The predicted octanol–water partition coefficient (Wildman–Crippen LogP) is 3.33. The molecular weight excluding hydrogens is 304 g/mol. The molecule has 0 saturated carbocycles. The van der Waals surface area contributed by atoms with Gasteiger partial charge in [0.1, 0.15) is 0 Å². The van der Waals surface area contributed by atoms with Crippen molar-refractivity contribution in [2.45, 2.75) is 26.2 Å². The summed E-state index contributed by atoms with van der Waals surface area (Å²) in [5.74, 6) is -0.0331. The van der Waals surface area contributed by atoms with Gasteiger partial charge in [-0.1, -0.05) is 25.1 Å². The Hall–Kier alpha value is -2.56. The molecule has 0 aliphatic carbocycles. The fourth-order valence-corrected chi connectivity index (χ4v) is 3.12. The molecule has 2 heterocycles. The van der Waals surface area contributed by atoms with Gasteiger partial charge >= 0.3 is 0 Å². The molecule has 0 bridgehead atoms. The summed E-state index contributed by atoms with van der Waals surface area (Å²) < 4.78 is 5.18. The summed E-state index contributed by atoms with van der Waals surface area (Å²) in [4.78, 5) is 26.7. The number of amides is 2. The van der Waals surface area contributed by atoms with Crippen molar-refractivity contribution in [2.75, 3.05) is 18.4 Å². The second-order valence-corrected chi connectivity index (χ2v) is 6.07. The minimum atomic E-state index is -0.192. The topological polar surface area (TPSA) is 62.6 Å². The number of nitrogens with zero attached hydrogens (tertiary/aromatic N) is 1. The van der Waals surface area contributed by atoms with E-state index in [0.717, 1.165) is 30.5 Å². The van der Waals surface area contributed by atoms with Crippen molar-refractivity contribution in [3.63, 3.8) is 0 Å². The number of likely N-dealkylation sites (tertiary alicyclic amines) is 1. The van der Waals surface area contributed by atoms with Crippen molar-refractivity contribution >= 4 is 17.5 Å². The smallest absolute Gasteiger partial charge is 0.289 e. The maximum absolute atomic E-state index is 12.6. The highest BCUT2D eigenvalue weighted by molar-refractivity contribution is 5.95. The van der Waals surface area contributed by atoms with Crippen LogP contribution in [0.4, 0.5) is 5.69 Å². The number of carbonyl (C=O) groups is 2. The lowest BCUT2D eigenvalue weighted by molar-refractivity contribution is -0.121. The van der Waals surface area contributed by atoms with Crippen molar-refractivity contribution in [3.8, 4) is 0 Å². The molecule has 5 heteroatoms. The number of piperidine rings is 1. The van der Waals surface area contributed by atoms with Crippen LogP contribution in [0.25, 0.3) is 0 Å². The lowest BCUT2D eigenvalue weighted by Gasteiger charge is -2.31. The summed E-state index contributed by atoms with van der Waals surface area (Å²) in [5.41, 5.74) is 1.98. The van der Waals surface area contributed by atoms with Crippen molar-refractivity contribution in [2.24, 2.45) is 5.92 Å². The van der Waals surface area contributed by atoms with Gasteiger partial charge in [-0.3, -0.25) is 9.59 Å². The molecule has 1 atom stereocenters. The summed E-state index contributed by atoms with van der Waals surface area (Å²) in [7, 11) is 0. The van der Waals surface area contributed by atoms with Gasteiger partial charge in [-0.05, 0) is 43.0 Å². The largest absolute Gasteiger partial charge is 0.459 e. The number of anilines is 1. The highest BCUT2D eigenvalue weighted by Gasteiger charge is 2.30. The number of rotatable bonds is 4. The quantitative estimate of drug-likeness (QED) is 0.937. The SMILES string of the molecule is CCc1ccccc1NC(=O)[C@@H]1CCCN(C(=O)c2ccco2)C1. The van der Waals surface area contributed by atoms with Gasteiger partial charge in [-0.2, -0.15) is 0 Å². The van der Waals surface area contributed by atoms with Crippen LogP contribution in [0.1, 0.15) is 35.9 Å². The molecule has 1 aliphatic heterocycles. The van der Waals surface area contributed by atoms with Crippen LogP contribution in [0.15, 0.2) is 47.1 Å². The van der Waals surface area contributed by atoms with E-state index >= 15 is 0 Å². The van der Waals surface area contributed by atoms with Crippen LogP contribution >= 0.6 is 0 Å². The number of hydrogen-bond donors (Lipinski definition) is 1. The molecule has 1 fully saturated rings. The van der Waals surface area contributed by atoms with Gasteiger partial charge in [-0.25, -0.2) is 0 Å². The van der Waals surface area contributed by atoms with E-state index in [9.17, 15) is 9.59 Å². The molecule has 1 aromatic carbocycles. The third-order valence-electron chi connectivity index (χ3n) is 4.47. The molecule has 24 heavy (non-hydrogen) atoms. The molecule has 5 nitrogen and oxygen atoms in total. The first-order chi connectivity index (χ1) is 11.7. The second-order valence-electron chi connectivity index (χ2n) is 6.07. The summed E-state index contributed by atoms with van der Waals surface area (Å²) in [6.07, 6.45) is 3.97. The molecule has 3 rings (SSSR count). The van der Waals surface area contributed by atoms with E-state index < -0.39 is 0 Å². The molecular formula is C19H22N2O3. The maximum atomic E-state index is 12.6. The number of furan rings is 1. The zero-order valence-corrected chi connectivity index (χ0v) is 13.8. The van der Waals surface area contributed by atoms with Gasteiger partial charge < -0.3 is 14.6 Å². The van der Waals surface area contributed by atoms with E-state index in [2.05, 4.69) is 12.2 Å². The Morgan fingerprint density at radius 3 is 2.83 bits per heavy atom. The lowest BCUT2D eigenvalue weighted by atomic mass is 9.96. The standard InChI is InChI=1S/C19H22N2O3/c1-2-14-7-3-4-9-16(14)20-18(22)15-8-5-11-21(13-15)19(23)17-10-6-12-24-17/h3-4,6-7,9-10,12,15H,2,5,8,11,13H2,1H3,(H,20,22)/t15-/m1/s1. The molecule has 1 saturated heterocycles. The van der Waals surface area contributed by atoms with Crippen molar-refractivity contribution < 1.29 is 14.0 Å². The Kier molecular flexibility index (Phi) is 4.99. The second kappa shape index (κ2) is 7.34. The minimum absolute atomic E-state index is 0.0205. The molecule has 2 amide bonds. The molecule has 1 aliphatic rings. The van der Waals surface area contributed by atoms with E-state index in [1.165, 1.54) is 6.26 Å². The van der Waals surface area contributed by atoms with Gasteiger partial charge in [0.2, 0.25) is 5.91 Å². The zero-order valence-electron chi connectivity index (χ0n) is 13.8. The molecule has 0 radical (unpaired) electrons. The highest BCUT2D eigenvalue weighted by Crippen LogP contribution is 2.22. The van der Waals surface area contributed by atoms with Gasteiger partial charge in [-0.15, -0.1) is 0 Å². The van der Waals surface area contributed by atoms with Gasteiger partial charge in [0.15, 0.2) is 5.76 Å². The van der Waals surface area contributed by atoms with Crippen molar-refractivity contribution in [1.82, 2.24) is 4.90 Å². The highest BCUT2D eigenvalue weighted by atomic mass is 16.3. The Morgan fingerprint density at radius 2 is 2.08 bits per heavy atom. The number of para-hydroxylation sites is 1. The molecule has 126 valence electrons. The Morgan fingerprint density at radius 1 is 1.25 bits per heavy atom. The van der Waals surface area contributed by atoms with Crippen molar-refractivity contribution in [1.29, 1.82) is 0 Å². The molecule has 2 aromatic rings. The first-order valence-corrected chi connectivity index (χ1v) is 8.40. The van der Waals surface area contributed by atoms with Crippen LogP contribution in [0.5, 0.6) is 0 Å². The average Bonchev–Trinajstić information content (AvgIpc) is 3.16.